The Hall–Kier alpha value is -3.88. The Morgan fingerprint density at radius 2 is 1.09 bits per heavy atom. The van der Waals surface area contributed by atoms with Gasteiger partial charge in [-0.3, -0.25) is 4.79 Å². The van der Waals surface area contributed by atoms with Crippen molar-refractivity contribution in [2.45, 2.75) is 0 Å². The van der Waals surface area contributed by atoms with Gasteiger partial charge in [-0.2, -0.15) is 0 Å². The molecule has 5 heteroatoms. The lowest BCUT2D eigenvalue weighted by Crippen LogP contribution is -2.30. The molecule has 0 spiro atoms. The van der Waals surface area contributed by atoms with Crippen LogP contribution in [0.25, 0.3) is 0 Å². The lowest BCUT2D eigenvalue weighted by molar-refractivity contribution is -0.109. The SMILES string of the molecule is COC(=O)c1ccccc1NC(=O)C=P(c1ccccc1)(c1ccccc1)c1ccccc1. The summed E-state index contributed by atoms with van der Waals surface area (Å²) in [5, 5.41) is 6.13. The molecule has 0 fully saturated rings. The second-order valence-corrected chi connectivity index (χ2v) is 10.6. The number of anilines is 1. The molecule has 0 aromatic heterocycles. The van der Waals surface area contributed by atoms with E-state index in [0.29, 0.717) is 11.3 Å². The van der Waals surface area contributed by atoms with Gasteiger partial charge in [0, 0.05) is 5.80 Å². The average molecular weight is 453 g/mol. The number of benzene rings is 4. The molecule has 4 aromatic rings. The van der Waals surface area contributed by atoms with E-state index in [-0.39, 0.29) is 5.91 Å². The molecule has 4 nitrogen and oxygen atoms in total. The first-order valence-corrected chi connectivity index (χ1v) is 12.4. The number of ether oxygens (including phenoxy) is 1. The van der Waals surface area contributed by atoms with Crippen LogP contribution in [0.4, 0.5) is 5.69 Å². The predicted octanol–water partition coefficient (Wildman–Crippen LogP) is 4.21. The lowest BCUT2D eigenvalue weighted by atomic mass is 10.2. The molecule has 0 aliphatic heterocycles. The van der Waals surface area contributed by atoms with Gasteiger partial charge >= 0.3 is 5.97 Å². The summed E-state index contributed by atoms with van der Waals surface area (Å²) in [5.41, 5.74) is 0.725. The van der Waals surface area contributed by atoms with Crippen LogP contribution in [0.15, 0.2) is 115 Å². The third kappa shape index (κ3) is 4.67. The Balaban J connectivity index is 1.93. The van der Waals surface area contributed by atoms with Crippen molar-refractivity contribution in [3.8, 4) is 0 Å². The summed E-state index contributed by atoms with van der Waals surface area (Å²) in [6.07, 6.45) is 0. The molecule has 33 heavy (non-hydrogen) atoms. The molecule has 4 rings (SSSR count). The fraction of sp³-hybridized carbons (Fsp3) is 0.0357. The third-order valence-electron chi connectivity index (χ3n) is 5.39. The molecule has 1 amide bonds. The van der Waals surface area contributed by atoms with Gasteiger partial charge in [-0.25, -0.2) is 4.79 Å². The van der Waals surface area contributed by atoms with Crippen molar-refractivity contribution < 1.29 is 14.3 Å². The van der Waals surface area contributed by atoms with Crippen molar-refractivity contribution in [3.05, 3.63) is 121 Å². The zero-order chi connectivity index (χ0) is 23.1. The number of esters is 1. The first kappa shape index (κ1) is 22.3. The molecule has 0 radical (unpaired) electrons. The minimum Gasteiger partial charge on any atom is -0.465 e. The molecule has 0 heterocycles. The number of amides is 1. The molecular weight excluding hydrogens is 429 g/mol. The Kier molecular flexibility index (Phi) is 6.87. The van der Waals surface area contributed by atoms with Crippen molar-refractivity contribution in [3.63, 3.8) is 0 Å². The highest BCUT2D eigenvalue weighted by atomic mass is 31.2. The summed E-state index contributed by atoms with van der Waals surface area (Å²) < 4.78 is 4.87. The van der Waals surface area contributed by atoms with Crippen LogP contribution in [-0.4, -0.2) is 24.8 Å². The largest absolute Gasteiger partial charge is 0.465 e. The highest BCUT2D eigenvalue weighted by Gasteiger charge is 2.26. The average Bonchev–Trinajstić information content (AvgIpc) is 2.88. The van der Waals surface area contributed by atoms with Crippen LogP contribution in [0.2, 0.25) is 0 Å². The molecular formula is C28H24NO3P. The number of rotatable bonds is 6. The fourth-order valence-corrected chi connectivity index (χ4v) is 7.57. The molecule has 1 N–H and O–H groups in total. The van der Waals surface area contributed by atoms with Crippen molar-refractivity contribution in [1.29, 1.82) is 0 Å². The summed E-state index contributed by atoms with van der Waals surface area (Å²) in [4.78, 5) is 25.7. The van der Waals surface area contributed by atoms with E-state index in [9.17, 15) is 9.59 Å². The minimum absolute atomic E-state index is 0.281. The van der Waals surface area contributed by atoms with Gasteiger partial charge in [0.25, 0.3) is 0 Å². The summed E-state index contributed by atoms with van der Waals surface area (Å²) in [7, 11) is 1.32. The van der Waals surface area contributed by atoms with E-state index in [4.69, 9.17) is 4.74 Å². The number of nitrogens with one attached hydrogen (secondary N) is 1. The van der Waals surface area contributed by atoms with Crippen LogP contribution in [-0.2, 0) is 9.53 Å². The van der Waals surface area contributed by atoms with Gasteiger partial charge < -0.3 is 10.1 Å². The maximum absolute atomic E-state index is 13.5. The normalized spacial score (nSPS) is 10.8. The quantitative estimate of drug-likeness (QED) is 0.352. The highest BCUT2D eigenvalue weighted by Crippen LogP contribution is 2.43. The Labute approximate surface area is 193 Å². The molecule has 164 valence electrons. The van der Waals surface area contributed by atoms with Gasteiger partial charge in [0.05, 0.1) is 18.4 Å². The van der Waals surface area contributed by atoms with Gasteiger partial charge in [0.2, 0.25) is 5.91 Å². The molecule has 0 bridgehead atoms. The van der Waals surface area contributed by atoms with E-state index in [0.717, 1.165) is 15.9 Å². The molecule has 0 unspecified atom stereocenters. The van der Waals surface area contributed by atoms with E-state index in [2.05, 4.69) is 41.7 Å². The maximum atomic E-state index is 13.5. The zero-order valence-corrected chi connectivity index (χ0v) is 19.1. The smallest absolute Gasteiger partial charge is 0.339 e. The lowest BCUT2D eigenvalue weighted by Gasteiger charge is -2.28. The van der Waals surface area contributed by atoms with E-state index < -0.39 is 12.9 Å². The van der Waals surface area contributed by atoms with Gasteiger partial charge in [0.15, 0.2) is 0 Å². The fourth-order valence-electron chi connectivity index (χ4n) is 3.88. The number of hydrogen-bond acceptors (Lipinski definition) is 3. The highest BCUT2D eigenvalue weighted by molar-refractivity contribution is 7.95. The molecule has 0 atom stereocenters. The van der Waals surface area contributed by atoms with Crippen LogP contribution in [0.5, 0.6) is 0 Å². The molecule has 0 saturated carbocycles. The summed E-state index contributed by atoms with van der Waals surface area (Å²) in [6, 6.07) is 37.1. The number of para-hydroxylation sites is 1. The van der Waals surface area contributed by atoms with E-state index in [1.165, 1.54) is 7.11 Å². The minimum atomic E-state index is -2.45. The molecule has 0 saturated heterocycles. The van der Waals surface area contributed by atoms with Crippen LogP contribution in [0.3, 0.4) is 0 Å². The molecule has 0 aliphatic carbocycles. The number of carbonyl (C=O) groups is 2. The predicted molar refractivity (Wildman–Crippen MR) is 138 cm³/mol. The van der Waals surface area contributed by atoms with Crippen LogP contribution in [0, 0.1) is 0 Å². The zero-order valence-electron chi connectivity index (χ0n) is 18.2. The third-order valence-corrected chi connectivity index (χ3v) is 9.35. The standard InChI is InChI=1S/C28H24NO3P/c1-32-28(31)25-19-11-12-20-26(25)29-27(30)21-33(22-13-5-2-6-14-22,23-15-7-3-8-16-23)24-17-9-4-10-18-24/h2-21H,1H3,(H,29,30). The van der Waals surface area contributed by atoms with E-state index in [1.54, 1.807) is 30.1 Å². The second kappa shape index (κ2) is 10.2. The van der Waals surface area contributed by atoms with Gasteiger partial charge in [-0.15, -0.1) is 0 Å². The number of methoxy groups -OCH3 is 1. The summed E-state index contributed by atoms with van der Waals surface area (Å²) in [6.45, 7) is -2.45. The first-order chi connectivity index (χ1) is 16.1. The van der Waals surface area contributed by atoms with Crippen molar-refractivity contribution in [2.75, 3.05) is 12.4 Å². The Morgan fingerprint density at radius 1 is 0.667 bits per heavy atom. The Bertz CT molecular complexity index is 1200. The monoisotopic (exact) mass is 453 g/mol. The van der Waals surface area contributed by atoms with Crippen molar-refractivity contribution >= 4 is 46.2 Å². The van der Waals surface area contributed by atoms with Crippen LogP contribution >= 0.6 is 6.89 Å². The van der Waals surface area contributed by atoms with Gasteiger partial charge in [-0.05, 0) is 34.9 Å². The summed E-state index contributed by atoms with van der Waals surface area (Å²) >= 11 is 0. The first-order valence-electron chi connectivity index (χ1n) is 10.5. The molecule has 0 aliphatic rings. The number of carbonyl (C=O) groups excluding carboxylic acids is 2. The van der Waals surface area contributed by atoms with Crippen LogP contribution in [0.1, 0.15) is 10.4 Å². The summed E-state index contributed by atoms with van der Waals surface area (Å²) in [5.74, 6) is 1.01. The van der Waals surface area contributed by atoms with E-state index in [1.807, 2.05) is 54.6 Å². The second-order valence-electron chi connectivity index (χ2n) is 7.38. The molecule has 4 aromatic carbocycles. The van der Waals surface area contributed by atoms with Crippen molar-refractivity contribution in [2.24, 2.45) is 0 Å². The van der Waals surface area contributed by atoms with E-state index >= 15 is 0 Å². The number of hydrogen-bond donors (Lipinski definition) is 1. The van der Waals surface area contributed by atoms with Crippen LogP contribution < -0.4 is 21.2 Å². The van der Waals surface area contributed by atoms with Gasteiger partial charge in [0.1, 0.15) is 0 Å². The maximum Gasteiger partial charge on any atom is 0.339 e. The van der Waals surface area contributed by atoms with Crippen molar-refractivity contribution in [1.82, 2.24) is 0 Å². The Morgan fingerprint density at radius 3 is 1.55 bits per heavy atom. The van der Waals surface area contributed by atoms with Gasteiger partial charge in [-0.1, -0.05) is 103 Å². The topological polar surface area (TPSA) is 55.4 Å².